The molecule has 0 amide bonds. The summed E-state index contributed by atoms with van der Waals surface area (Å²) < 4.78 is 0. The lowest BCUT2D eigenvalue weighted by atomic mass is 9.52. The van der Waals surface area contributed by atoms with Crippen molar-refractivity contribution in [3.8, 4) is 16.9 Å². The van der Waals surface area contributed by atoms with Crippen LogP contribution in [-0.2, 0) is 11.8 Å². The highest BCUT2D eigenvalue weighted by atomic mass is 16.3. The lowest BCUT2D eigenvalue weighted by Gasteiger charge is -2.56. The first-order valence-corrected chi connectivity index (χ1v) is 9.43. The topological polar surface area (TPSA) is 32.3 Å². The van der Waals surface area contributed by atoms with Crippen molar-refractivity contribution in [3.05, 3.63) is 53.6 Å². The van der Waals surface area contributed by atoms with E-state index in [1.54, 1.807) is 0 Å². The van der Waals surface area contributed by atoms with Gasteiger partial charge in [-0.05, 0) is 67.0 Å². The van der Waals surface area contributed by atoms with Gasteiger partial charge in [-0.3, -0.25) is 0 Å². The molecule has 0 spiro atoms. The zero-order chi connectivity index (χ0) is 16.1. The first kappa shape index (κ1) is 14.5. The third-order valence-corrected chi connectivity index (χ3v) is 6.84. The molecule has 2 bridgehead atoms. The number of nitrogens with one attached hydrogen (secondary N) is 1. The van der Waals surface area contributed by atoms with Crippen LogP contribution in [0.5, 0.6) is 5.75 Å². The van der Waals surface area contributed by atoms with E-state index in [0.717, 1.165) is 30.0 Å². The van der Waals surface area contributed by atoms with Gasteiger partial charge in [0.2, 0.25) is 0 Å². The molecule has 1 saturated heterocycles. The number of hydrogen-bond donors (Lipinski definition) is 2. The standard InChI is InChI=1S/C22H25NO/c24-21-14-19-16(12-17(21)15-6-2-1-3-7-15)13-20-18-8-4-5-9-22(18,19)10-11-23-20/h1-3,6-7,12,14,18,20,23-24H,4-5,8-11,13H2/t18?,20-,22-/m0/s1. The lowest BCUT2D eigenvalue weighted by Crippen LogP contribution is -2.59. The molecule has 2 aliphatic carbocycles. The van der Waals surface area contributed by atoms with Crippen LogP contribution in [0.4, 0.5) is 0 Å². The predicted molar refractivity (Wildman–Crippen MR) is 97.3 cm³/mol. The molecular weight excluding hydrogens is 294 g/mol. The third-order valence-electron chi connectivity index (χ3n) is 6.84. The monoisotopic (exact) mass is 319 g/mol. The fraction of sp³-hybridized carbons (Fsp3) is 0.455. The Balaban J connectivity index is 1.68. The summed E-state index contributed by atoms with van der Waals surface area (Å²) in [5, 5.41) is 14.6. The van der Waals surface area contributed by atoms with Gasteiger partial charge in [-0.2, -0.15) is 0 Å². The Morgan fingerprint density at radius 1 is 1.04 bits per heavy atom. The highest BCUT2D eigenvalue weighted by molar-refractivity contribution is 5.72. The molecule has 2 heteroatoms. The highest BCUT2D eigenvalue weighted by Crippen LogP contribution is 2.55. The molecule has 0 radical (unpaired) electrons. The van der Waals surface area contributed by atoms with Gasteiger partial charge in [-0.1, -0.05) is 43.2 Å². The van der Waals surface area contributed by atoms with Gasteiger partial charge in [0.05, 0.1) is 0 Å². The zero-order valence-electron chi connectivity index (χ0n) is 14.1. The van der Waals surface area contributed by atoms with Crippen molar-refractivity contribution in [2.24, 2.45) is 5.92 Å². The number of phenols is 1. The van der Waals surface area contributed by atoms with E-state index in [1.807, 2.05) is 18.2 Å². The summed E-state index contributed by atoms with van der Waals surface area (Å²) in [7, 11) is 0. The van der Waals surface area contributed by atoms with Crippen molar-refractivity contribution in [1.29, 1.82) is 0 Å². The van der Waals surface area contributed by atoms with E-state index in [1.165, 1.54) is 43.2 Å². The van der Waals surface area contributed by atoms with Gasteiger partial charge < -0.3 is 10.4 Å². The number of aromatic hydroxyl groups is 1. The Bertz CT molecular complexity index is 765. The number of fused-ring (bicyclic) bond motifs is 1. The number of rotatable bonds is 1. The SMILES string of the molecule is Oc1cc2c(cc1-c1ccccc1)C[C@@H]1NCC[C@]23CCCCC13. The number of phenolic OH excluding ortho intramolecular Hbond substituents is 1. The minimum atomic E-state index is 0.314. The molecule has 2 fully saturated rings. The summed E-state index contributed by atoms with van der Waals surface area (Å²) >= 11 is 0. The normalized spacial score (nSPS) is 31.2. The highest BCUT2D eigenvalue weighted by Gasteiger charge is 2.51. The Morgan fingerprint density at radius 2 is 1.92 bits per heavy atom. The number of benzene rings is 2. The van der Waals surface area contributed by atoms with E-state index >= 15 is 0 Å². The average molecular weight is 319 g/mol. The van der Waals surface area contributed by atoms with Crippen LogP contribution >= 0.6 is 0 Å². The number of hydrogen-bond acceptors (Lipinski definition) is 2. The minimum absolute atomic E-state index is 0.314. The van der Waals surface area contributed by atoms with E-state index in [2.05, 4.69) is 29.6 Å². The zero-order valence-corrected chi connectivity index (χ0v) is 14.1. The Labute approximate surface area is 143 Å². The summed E-state index contributed by atoms with van der Waals surface area (Å²) in [6.45, 7) is 1.13. The van der Waals surface area contributed by atoms with Gasteiger partial charge in [0.15, 0.2) is 0 Å². The molecule has 3 atom stereocenters. The second-order valence-corrected chi connectivity index (χ2v) is 7.92. The Hall–Kier alpha value is -1.80. The second-order valence-electron chi connectivity index (χ2n) is 7.92. The Morgan fingerprint density at radius 3 is 2.79 bits per heavy atom. The van der Waals surface area contributed by atoms with Crippen LogP contribution in [-0.4, -0.2) is 17.7 Å². The second kappa shape index (κ2) is 5.35. The van der Waals surface area contributed by atoms with Crippen molar-refractivity contribution in [2.75, 3.05) is 6.54 Å². The molecular formula is C22H25NO. The van der Waals surface area contributed by atoms with Crippen LogP contribution in [0, 0.1) is 5.92 Å². The first-order valence-electron chi connectivity index (χ1n) is 9.43. The fourth-order valence-electron chi connectivity index (χ4n) is 5.82. The van der Waals surface area contributed by atoms with Crippen molar-refractivity contribution >= 4 is 0 Å². The molecule has 1 heterocycles. The molecule has 2 aromatic carbocycles. The Kier molecular flexibility index (Phi) is 3.24. The molecule has 2 nitrogen and oxygen atoms in total. The van der Waals surface area contributed by atoms with Crippen molar-refractivity contribution < 1.29 is 5.11 Å². The van der Waals surface area contributed by atoms with Crippen LogP contribution in [0.2, 0.25) is 0 Å². The van der Waals surface area contributed by atoms with E-state index in [4.69, 9.17) is 0 Å². The molecule has 0 aromatic heterocycles. The van der Waals surface area contributed by atoms with Gasteiger partial charge in [0, 0.05) is 17.0 Å². The van der Waals surface area contributed by atoms with Crippen molar-refractivity contribution in [2.45, 2.75) is 50.0 Å². The fourth-order valence-corrected chi connectivity index (χ4v) is 5.82. The van der Waals surface area contributed by atoms with Crippen LogP contribution in [0.25, 0.3) is 11.1 Å². The summed E-state index contributed by atoms with van der Waals surface area (Å²) in [6.07, 6.45) is 7.69. The summed E-state index contributed by atoms with van der Waals surface area (Å²) in [4.78, 5) is 0. The molecule has 5 rings (SSSR count). The van der Waals surface area contributed by atoms with Crippen molar-refractivity contribution in [1.82, 2.24) is 5.32 Å². The summed E-state index contributed by atoms with van der Waals surface area (Å²) in [5.74, 6) is 1.21. The van der Waals surface area contributed by atoms with Crippen LogP contribution in [0.15, 0.2) is 42.5 Å². The van der Waals surface area contributed by atoms with Gasteiger partial charge >= 0.3 is 0 Å². The summed E-state index contributed by atoms with van der Waals surface area (Å²) in [6, 6.07) is 15.3. The largest absolute Gasteiger partial charge is 0.507 e. The molecule has 1 aliphatic heterocycles. The minimum Gasteiger partial charge on any atom is -0.507 e. The molecule has 1 unspecified atom stereocenters. The molecule has 24 heavy (non-hydrogen) atoms. The van der Waals surface area contributed by atoms with E-state index in [9.17, 15) is 5.11 Å². The predicted octanol–water partition coefficient (Wildman–Crippen LogP) is 4.41. The van der Waals surface area contributed by atoms with E-state index in [-0.39, 0.29) is 0 Å². The maximum atomic E-state index is 10.8. The van der Waals surface area contributed by atoms with Crippen LogP contribution in [0.1, 0.15) is 43.2 Å². The van der Waals surface area contributed by atoms with Crippen molar-refractivity contribution in [3.63, 3.8) is 0 Å². The quantitative estimate of drug-likeness (QED) is 0.816. The van der Waals surface area contributed by atoms with Gasteiger partial charge in [-0.25, -0.2) is 0 Å². The van der Waals surface area contributed by atoms with Crippen LogP contribution < -0.4 is 5.32 Å². The molecule has 124 valence electrons. The maximum absolute atomic E-state index is 10.8. The summed E-state index contributed by atoms with van der Waals surface area (Å²) in [5.41, 5.74) is 5.33. The third kappa shape index (κ3) is 1.99. The van der Waals surface area contributed by atoms with E-state index in [0.29, 0.717) is 17.2 Å². The smallest absolute Gasteiger partial charge is 0.123 e. The van der Waals surface area contributed by atoms with Gasteiger partial charge in [0.1, 0.15) is 5.75 Å². The van der Waals surface area contributed by atoms with Crippen LogP contribution in [0.3, 0.4) is 0 Å². The molecule has 1 saturated carbocycles. The molecule has 2 N–H and O–H groups in total. The van der Waals surface area contributed by atoms with Gasteiger partial charge in [-0.15, -0.1) is 0 Å². The van der Waals surface area contributed by atoms with Gasteiger partial charge in [0.25, 0.3) is 0 Å². The molecule has 2 aromatic rings. The average Bonchev–Trinajstić information content (AvgIpc) is 2.63. The van der Waals surface area contributed by atoms with E-state index < -0.39 is 0 Å². The molecule has 3 aliphatic rings. The lowest BCUT2D eigenvalue weighted by molar-refractivity contribution is 0.0796. The number of piperidine rings is 1. The maximum Gasteiger partial charge on any atom is 0.123 e. The first-order chi connectivity index (χ1) is 11.8.